The van der Waals surface area contributed by atoms with Crippen LogP contribution in [0.1, 0.15) is 32.8 Å². The van der Waals surface area contributed by atoms with Crippen molar-refractivity contribution >= 4 is 5.97 Å². The molecule has 118 valence electrons. The normalized spacial score (nSPS) is 11.8. The molecule has 1 rings (SSSR count). The van der Waals surface area contributed by atoms with Crippen molar-refractivity contribution in [2.75, 3.05) is 20.3 Å². The van der Waals surface area contributed by atoms with Gasteiger partial charge in [0.2, 0.25) is 0 Å². The molecule has 0 aliphatic carbocycles. The summed E-state index contributed by atoms with van der Waals surface area (Å²) in [4.78, 5) is 11.6. The van der Waals surface area contributed by atoms with Crippen molar-refractivity contribution in [2.45, 2.75) is 39.8 Å². The monoisotopic (exact) mass is 295 g/mol. The number of para-hydroxylation sites is 1. The van der Waals surface area contributed by atoms with Crippen LogP contribution in [0.25, 0.3) is 0 Å². The summed E-state index contributed by atoms with van der Waals surface area (Å²) < 4.78 is 16.1. The smallest absolute Gasteiger partial charge is 0.346 e. The van der Waals surface area contributed by atoms with Crippen LogP contribution in [0.15, 0.2) is 18.2 Å². The topological polar surface area (TPSA) is 56.8 Å². The highest BCUT2D eigenvalue weighted by molar-refractivity contribution is 5.74. The molecular weight excluding hydrogens is 270 g/mol. The number of esters is 1. The van der Waals surface area contributed by atoms with E-state index in [0.29, 0.717) is 24.7 Å². The average Bonchev–Trinajstić information content (AvgIpc) is 2.49. The van der Waals surface area contributed by atoms with E-state index in [1.807, 2.05) is 25.1 Å². The highest BCUT2D eigenvalue weighted by Crippen LogP contribution is 2.32. The summed E-state index contributed by atoms with van der Waals surface area (Å²) in [7, 11) is 1.35. The lowest BCUT2D eigenvalue weighted by Crippen LogP contribution is -2.26. The second-order valence-corrected chi connectivity index (χ2v) is 4.64. The van der Waals surface area contributed by atoms with E-state index < -0.39 is 12.1 Å². The van der Waals surface area contributed by atoms with Gasteiger partial charge in [0.25, 0.3) is 0 Å². The van der Waals surface area contributed by atoms with Crippen LogP contribution >= 0.6 is 0 Å². The first-order valence-electron chi connectivity index (χ1n) is 7.33. The first-order chi connectivity index (χ1) is 10.1. The molecule has 0 radical (unpaired) electrons. The zero-order valence-corrected chi connectivity index (χ0v) is 13.3. The van der Waals surface area contributed by atoms with E-state index >= 15 is 0 Å². The Kier molecular flexibility index (Phi) is 7.61. The third-order valence-electron chi connectivity index (χ3n) is 2.93. The van der Waals surface area contributed by atoms with Crippen LogP contribution in [0.3, 0.4) is 0 Å². The predicted molar refractivity (Wildman–Crippen MR) is 81.7 cm³/mol. The van der Waals surface area contributed by atoms with E-state index in [1.54, 1.807) is 6.92 Å². The van der Waals surface area contributed by atoms with E-state index in [4.69, 9.17) is 14.2 Å². The van der Waals surface area contributed by atoms with Crippen LogP contribution < -0.4 is 14.8 Å². The lowest BCUT2D eigenvalue weighted by atomic mass is 10.1. The Morgan fingerprint density at radius 1 is 1.33 bits per heavy atom. The molecule has 5 nitrogen and oxygen atoms in total. The molecule has 0 aromatic heterocycles. The molecule has 1 atom stereocenters. The Balaban J connectivity index is 2.95. The highest BCUT2D eigenvalue weighted by Gasteiger charge is 2.19. The maximum Gasteiger partial charge on any atom is 0.346 e. The molecule has 0 saturated carbocycles. The zero-order valence-electron chi connectivity index (χ0n) is 13.3. The fourth-order valence-electron chi connectivity index (χ4n) is 1.89. The minimum Gasteiger partial charge on any atom is -0.490 e. The number of nitrogens with one attached hydrogen (secondary N) is 1. The van der Waals surface area contributed by atoms with Crippen LogP contribution in [0.5, 0.6) is 11.5 Å². The molecule has 0 amide bonds. The Hall–Kier alpha value is -1.75. The van der Waals surface area contributed by atoms with Crippen molar-refractivity contribution in [2.24, 2.45) is 0 Å². The number of ether oxygens (including phenoxy) is 3. The lowest BCUT2D eigenvalue weighted by Gasteiger charge is -2.19. The summed E-state index contributed by atoms with van der Waals surface area (Å²) in [6.07, 6.45) is 0.376. The summed E-state index contributed by atoms with van der Waals surface area (Å²) in [5, 5.41) is 3.33. The van der Waals surface area contributed by atoms with Crippen molar-refractivity contribution in [3.8, 4) is 11.5 Å². The van der Waals surface area contributed by atoms with Crippen LogP contribution in [0, 0.1) is 0 Å². The minimum atomic E-state index is -0.679. The second-order valence-electron chi connectivity index (χ2n) is 4.64. The van der Waals surface area contributed by atoms with E-state index in [1.165, 1.54) is 7.11 Å². The number of carbonyl (C=O) groups is 1. The van der Waals surface area contributed by atoms with Gasteiger partial charge in [0.1, 0.15) is 0 Å². The highest BCUT2D eigenvalue weighted by atomic mass is 16.6. The predicted octanol–water partition coefficient (Wildman–Crippen LogP) is 2.53. The van der Waals surface area contributed by atoms with Crippen molar-refractivity contribution in [1.29, 1.82) is 0 Å². The number of hydrogen-bond donors (Lipinski definition) is 1. The number of hydrogen-bond acceptors (Lipinski definition) is 5. The quantitative estimate of drug-likeness (QED) is 0.560. The summed E-state index contributed by atoms with van der Waals surface area (Å²) in [6, 6.07) is 5.72. The van der Waals surface area contributed by atoms with Crippen molar-refractivity contribution in [3.63, 3.8) is 0 Å². The second kappa shape index (κ2) is 9.23. The van der Waals surface area contributed by atoms with Gasteiger partial charge in [-0.3, -0.25) is 0 Å². The van der Waals surface area contributed by atoms with Crippen molar-refractivity contribution in [3.05, 3.63) is 23.8 Å². The van der Waals surface area contributed by atoms with Gasteiger partial charge in [-0.2, -0.15) is 0 Å². The third-order valence-corrected chi connectivity index (χ3v) is 2.93. The number of methoxy groups -OCH3 is 1. The molecule has 5 heteroatoms. The average molecular weight is 295 g/mol. The molecule has 0 spiro atoms. The Bertz CT molecular complexity index is 448. The van der Waals surface area contributed by atoms with Crippen LogP contribution in [-0.2, 0) is 16.1 Å². The molecule has 1 aromatic carbocycles. The maximum absolute atomic E-state index is 11.6. The zero-order chi connectivity index (χ0) is 15.7. The Morgan fingerprint density at radius 3 is 2.71 bits per heavy atom. The van der Waals surface area contributed by atoms with Gasteiger partial charge in [-0.15, -0.1) is 0 Å². The molecule has 0 heterocycles. The molecule has 1 unspecified atom stereocenters. The Labute approximate surface area is 126 Å². The summed E-state index contributed by atoms with van der Waals surface area (Å²) in [6.45, 7) is 7.81. The first-order valence-corrected chi connectivity index (χ1v) is 7.33. The van der Waals surface area contributed by atoms with Crippen LogP contribution in [0.4, 0.5) is 0 Å². The molecule has 0 bridgehead atoms. The third kappa shape index (κ3) is 5.27. The van der Waals surface area contributed by atoms with Gasteiger partial charge in [-0.25, -0.2) is 4.79 Å². The van der Waals surface area contributed by atoms with E-state index in [-0.39, 0.29) is 0 Å². The molecule has 0 fully saturated rings. The molecule has 0 aliphatic heterocycles. The van der Waals surface area contributed by atoms with E-state index in [0.717, 1.165) is 18.5 Å². The van der Waals surface area contributed by atoms with Gasteiger partial charge in [0, 0.05) is 12.1 Å². The minimum absolute atomic E-state index is 0.409. The molecular formula is C16H25NO4. The molecule has 1 N–H and O–H groups in total. The fourth-order valence-corrected chi connectivity index (χ4v) is 1.89. The van der Waals surface area contributed by atoms with Gasteiger partial charge in [-0.05, 0) is 32.9 Å². The molecule has 0 saturated heterocycles. The van der Waals surface area contributed by atoms with Gasteiger partial charge in [0.05, 0.1) is 13.7 Å². The summed E-state index contributed by atoms with van der Waals surface area (Å²) in [5.74, 6) is 0.832. The number of rotatable bonds is 9. The van der Waals surface area contributed by atoms with Crippen molar-refractivity contribution < 1.29 is 19.0 Å². The molecule has 0 aliphatic rings. The summed E-state index contributed by atoms with van der Waals surface area (Å²) >= 11 is 0. The van der Waals surface area contributed by atoms with Gasteiger partial charge in [-0.1, -0.05) is 19.1 Å². The van der Waals surface area contributed by atoms with Gasteiger partial charge in [0.15, 0.2) is 17.6 Å². The maximum atomic E-state index is 11.6. The SMILES string of the molecule is CCCNCc1cccc(OCC)c1OC(C)C(=O)OC. The Morgan fingerprint density at radius 2 is 2.10 bits per heavy atom. The summed E-state index contributed by atoms with van der Waals surface area (Å²) in [5.41, 5.74) is 0.963. The molecule has 1 aromatic rings. The van der Waals surface area contributed by atoms with E-state index in [2.05, 4.69) is 12.2 Å². The number of carbonyl (C=O) groups excluding carboxylic acids is 1. The first kappa shape index (κ1) is 17.3. The lowest BCUT2D eigenvalue weighted by molar-refractivity contribution is -0.147. The fraction of sp³-hybridized carbons (Fsp3) is 0.562. The van der Waals surface area contributed by atoms with Gasteiger partial charge >= 0.3 is 5.97 Å². The van der Waals surface area contributed by atoms with Gasteiger partial charge < -0.3 is 19.5 Å². The van der Waals surface area contributed by atoms with E-state index in [9.17, 15) is 4.79 Å². The largest absolute Gasteiger partial charge is 0.490 e. The van der Waals surface area contributed by atoms with Crippen LogP contribution in [-0.4, -0.2) is 32.3 Å². The van der Waals surface area contributed by atoms with Crippen molar-refractivity contribution in [1.82, 2.24) is 5.32 Å². The standard InChI is InChI=1S/C16H25NO4/c1-5-10-17-11-13-8-7-9-14(20-6-2)15(13)21-12(3)16(18)19-4/h7-9,12,17H,5-6,10-11H2,1-4H3. The van der Waals surface area contributed by atoms with Crippen LogP contribution in [0.2, 0.25) is 0 Å². The molecule has 21 heavy (non-hydrogen) atoms. The number of benzene rings is 1.